The number of nitrogens with zero attached hydrogens (tertiary/aromatic N) is 3. The largest absolute Gasteiger partial charge is 0.378 e. The number of amides is 1. The molecular weight excluding hydrogens is 324 g/mol. The topological polar surface area (TPSA) is 52.2 Å². The quantitative estimate of drug-likeness (QED) is 0.786. The Bertz CT molecular complexity index is 880. The van der Waals surface area contributed by atoms with Crippen LogP contribution in [0.3, 0.4) is 0 Å². The van der Waals surface area contributed by atoms with Gasteiger partial charge in [0.05, 0.1) is 11.0 Å². The van der Waals surface area contributed by atoms with Crippen LogP contribution in [-0.2, 0) is 0 Å². The van der Waals surface area contributed by atoms with Gasteiger partial charge < -0.3 is 14.8 Å². The van der Waals surface area contributed by atoms with E-state index in [1.54, 1.807) is 0 Å². The number of nitrogens with one attached hydrogen (secondary N) is 1. The van der Waals surface area contributed by atoms with Gasteiger partial charge in [-0.1, -0.05) is 12.1 Å². The Hall–Kier alpha value is -2.82. The van der Waals surface area contributed by atoms with Gasteiger partial charge >= 0.3 is 0 Å². The zero-order valence-electron chi connectivity index (χ0n) is 15.3. The number of imidazole rings is 1. The van der Waals surface area contributed by atoms with Crippen molar-refractivity contribution in [1.29, 1.82) is 0 Å². The summed E-state index contributed by atoms with van der Waals surface area (Å²) < 4.78 is 0. The molecule has 5 heteroatoms. The molecule has 5 nitrogen and oxygen atoms in total. The molecule has 2 aromatic carbocycles. The minimum Gasteiger partial charge on any atom is -0.378 e. The Morgan fingerprint density at radius 2 is 1.92 bits per heavy atom. The van der Waals surface area contributed by atoms with E-state index in [1.165, 1.54) is 0 Å². The molecule has 0 aliphatic carbocycles. The Kier molecular flexibility index (Phi) is 4.37. The van der Waals surface area contributed by atoms with Crippen LogP contribution < -0.4 is 4.90 Å². The van der Waals surface area contributed by atoms with Crippen LogP contribution in [0.4, 0.5) is 5.69 Å². The number of piperidine rings is 1. The number of carbonyl (C=O) groups excluding carboxylic acids is 1. The number of anilines is 1. The number of likely N-dealkylation sites (tertiary alicyclic amines) is 1. The Morgan fingerprint density at radius 3 is 2.65 bits per heavy atom. The van der Waals surface area contributed by atoms with Gasteiger partial charge in [-0.2, -0.15) is 0 Å². The van der Waals surface area contributed by atoms with Crippen LogP contribution in [0, 0.1) is 0 Å². The van der Waals surface area contributed by atoms with Crippen LogP contribution in [0.2, 0.25) is 0 Å². The molecule has 26 heavy (non-hydrogen) atoms. The van der Waals surface area contributed by atoms with Crippen LogP contribution in [0.15, 0.2) is 48.5 Å². The third-order valence-electron chi connectivity index (χ3n) is 5.13. The van der Waals surface area contributed by atoms with Crippen molar-refractivity contribution >= 4 is 22.6 Å². The summed E-state index contributed by atoms with van der Waals surface area (Å²) in [6.07, 6.45) is 2.06. The summed E-state index contributed by atoms with van der Waals surface area (Å²) in [4.78, 5) is 25.1. The summed E-state index contributed by atoms with van der Waals surface area (Å²) in [5, 5.41) is 0. The molecule has 0 bridgehead atoms. The van der Waals surface area contributed by atoms with Crippen molar-refractivity contribution in [3.05, 3.63) is 59.9 Å². The van der Waals surface area contributed by atoms with E-state index < -0.39 is 0 Å². The predicted molar refractivity (Wildman–Crippen MR) is 105 cm³/mol. The van der Waals surface area contributed by atoms with Gasteiger partial charge in [-0.05, 0) is 49.2 Å². The van der Waals surface area contributed by atoms with Crippen molar-refractivity contribution in [2.24, 2.45) is 0 Å². The fourth-order valence-corrected chi connectivity index (χ4v) is 3.64. The number of fused-ring (bicyclic) bond motifs is 1. The zero-order chi connectivity index (χ0) is 18.1. The van der Waals surface area contributed by atoms with E-state index in [9.17, 15) is 4.79 Å². The fraction of sp³-hybridized carbons (Fsp3) is 0.333. The van der Waals surface area contributed by atoms with E-state index in [2.05, 4.69) is 4.98 Å². The van der Waals surface area contributed by atoms with Crippen LogP contribution in [0.1, 0.15) is 34.9 Å². The van der Waals surface area contributed by atoms with E-state index >= 15 is 0 Å². The maximum Gasteiger partial charge on any atom is 0.253 e. The number of hydrogen-bond donors (Lipinski definition) is 1. The second-order valence-corrected chi connectivity index (χ2v) is 7.17. The lowest BCUT2D eigenvalue weighted by molar-refractivity contribution is 0.0705. The van der Waals surface area contributed by atoms with Gasteiger partial charge in [-0.3, -0.25) is 4.79 Å². The van der Waals surface area contributed by atoms with Gasteiger partial charge in [0.15, 0.2) is 0 Å². The van der Waals surface area contributed by atoms with Crippen molar-refractivity contribution in [2.75, 3.05) is 32.1 Å². The molecule has 4 rings (SSSR count). The monoisotopic (exact) mass is 348 g/mol. The highest BCUT2D eigenvalue weighted by Crippen LogP contribution is 2.27. The van der Waals surface area contributed by atoms with Gasteiger partial charge in [0.25, 0.3) is 5.91 Å². The molecule has 0 radical (unpaired) electrons. The van der Waals surface area contributed by atoms with Crippen LogP contribution in [0.25, 0.3) is 11.0 Å². The lowest BCUT2D eigenvalue weighted by Crippen LogP contribution is -2.39. The lowest BCUT2D eigenvalue weighted by atomic mass is 9.96. The molecule has 1 aliphatic heterocycles. The van der Waals surface area contributed by atoms with Crippen molar-refractivity contribution in [2.45, 2.75) is 18.8 Å². The van der Waals surface area contributed by atoms with Crippen molar-refractivity contribution in [3.8, 4) is 0 Å². The number of carbonyl (C=O) groups is 1. The third-order valence-corrected chi connectivity index (χ3v) is 5.13. The number of H-pyrrole nitrogens is 1. The molecule has 1 fully saturated rings. The lowest BCUT2D eigenvalue weighted by Gasteiger charge is -2.32. The second kappa shape index (κ2) is 6.83. The van der Waals surface area contributed by atoms with E-state index in [0.29, 0.717) is 6.54 Å². The SMILES string of the molecule is CN(C)c1ccc(C(=O)N2CCC[C@H](c3nc4ccccc4[nH]3)C2)cc1. The highest BCUT2D eigenvalue weighted by Gasteiger charge is 2.27. The molecule has 134 valence electrons. The summed E-state index contributed by atoms with van der Waals surface area (Å²) >= 11 is 0. The summed E-state index contributed by atoms with van der Waals surface area (Å²) in [5.74, 6) is 1.36. The molecule has 1 atom stereocenters. The number of para-hydroxylation sites is 2. The van der Waals surface area contributed by atoms with Gasteiger partial charge in [0.2, 0.25) is 0 Å². The summed E-state index contributed by atoms with van der Waals surface area (Å²) in [6.45, 7) is 1.53. The molecule has 1 N–H and O–H groups in total. The molecule has 1 aliphatic rings. The normalized spacial score (nSPS) is 17.5. The number of aromatic amines is 1. The number of rotatable bonds is 3. The Balaban J connectivity index is 1.51. The second-order valence-electron chi connectivity index (χ2n) is 7.17. The molecule has 0 spiro atoms. The van der Waals surface area contributed by atoms with Crippen LogP contribution >= 0.6 is 0 Å². The molecule has 1 amide bonds. The highest BCUT2D eigenvalue weighted by molar-refractivity contribution is 5.94. The van der Waals surface area contributed by atoms with E-state index in [-0.39, 0.29) is 11.8 Å². The minimum atomic E-state index is 0.108. The molecule has 1 saturated heterocycles. The average Bonchev–Trinajstić information content (AvgIpc) is 3.12. The van der Waals surface area contributed by atoms with E-state index in [1.807, 2.05) is 72.4 Å². The summed E-state index contributed by atoms with van der Waals surface area (Å²) in [7, 11) is 4.00. The zero-order valence-corrected chi connectivity index (χ0v) is 15.3. The molecule has 3 aromatic rings. The first-order valence-electron chi connectivity index (χ1n) is 9.13. The van der Waals surface area contributed by atoms with Crippen LogP contribution in [-0.4, -0.2) is 48.0 Å². The first kappa shape index (κ1) is 16.6. The van der Waals surface area contributed by atoms with Gasteiger partial charge in [0, 0.05) is 44.4 Å². The molecule has 0 saturated carbocycles. The minimum absolute atomic E-state index is 0.108. The molecule has 0 unspecified atom stereocenters. The Morgan fingerprint density at radius 1 is 1.15 bits per heavy atom. The summed E-state index contributed by atoms with van der Waals surface area (Å²) in [5.41, 5.74) is 3.90. The predicted octanol–water partition coefficient (Wildman–Crippen LogP) is 3.65. The Labute approximate surface area is 153 Å². The van der Waals surface area contributed by atoms with Crippen molar-refractivity contribution < 1.29 is 4.79 Å². The molecule has 2 heterocycles. The summed E-state index contributed by atoms with van der Waals surface area (Å²) in [6, 6.07) is 15.9. The maximum absolute atomic E-state index is 12.9. The molecular formula is C21H24N4O. The van der Waals surface area contributed by atoms with Gasteiger partial charge in [-0.15, -0.1) is 0 Å². The van der Waals surface area contributed by atoms with E-state index in [0.717, 1.165) is 47.5 Å². The maximum atomic E-state index is 12.9. The standard InChI is InChI=1S/C21H24N4O/c1-24(2)17-11-9-15(10-12-17)21(26)25-13-5-6-16(14-25)20-22-18-7-3-4-8-19(18)23-20/h3-4,7-12,16H,5-6,13-14H2,1-2H3,(H,22,23)/t16-/m0/s1. The highest BCUT2D eigenvalue weighted by atomic mass is 16.2. The number of aromatic nitrogens is 2. The number of hydrogen-bond acceptors (Lipinski definition) is 3. The van der Waals surface area contributed by atoms with E-state index in [4.69, 9.17) is 4.98 Å². The van der Waals surface area contributed by atoms with Crippen LogP contribution in [0.5, 0.6) is 0 Å². The van der Waals surface area contributed by atoms with Crippen molar-refractivity contribution in [3.63, 3.8) is 0 Å². The first-order chi connectivity index (χ1) is 12.6. The average molecular weight is 348 g/mol. The van der Waals surface area contributed by atoms with Gasteiger partial charge in [-0.25, -0.2) is 4.98 Å². The molecule has 1 aromatic heterocycles. The van der Waals surface area contributed by atoms with Crippen molar-refractivity contribution in [1.82, 2.24) is 14.9 Å². The fourth-order valence-electron chi connectivity index (χ4n) is 3.64. The van der Waals surface area contributed by atoms with Gasteiger partial charge in [0.1, 0.15) is 5.82 Å². The third kappa shape index (κ3) is 3.17. The first-order valence-corrected chi connectivity index (χ1v) is 9.13. The smallest absolute Gasteiger partial charge is 0.253 e. The number of benzene rings is 2.